The van der Waals surface area contributed by atoms with Crippen LogP contribution < -0.4 is 29.8 Å². The Balaban J connectivity index is 1.58. The van der Waals surface area contributed by atoms with E-state index in [0.29, 0.717) is 46.5 Å². The molecule has 9 heteroatoms. The number of halogens is 1. The van der Waals surface area contributed by atoms with Gasteiger partial charge in [-0.1, -0.05) is 35.9 Å². The number of hydrogen-bond donors (Lipinski definition) is 1. The number of aromatic nitrogens is 2. The van der Waals surface area contributed by atoms with E-state index in [1.807, 2.05) is 54.6 Å². The lowest BCUT2D eigenvalue weighted by molar-refractivity contribution is 0.174. The molecule has 3 aromatic carbocycles. The number of methoxy groups -OCH3 is 2. The number of nitrogens with zero attached hydrogens (tertiary/aromatic N) is 2. The molecular formula is C26H22ClN3O5. The second kappa shape index (κ2) is 9.60. The third-order valence-electron chi connectivity index (χ3n) is 5.60. The van der Waals surface area contributed by atoms with Crippen LogP contribution in [0.4, 0.5) is 5.82 Å². The normalized spacial score (nSPS) is 11.9. The van der Waals surface area contributed by atoms with E-state index in [0.717, 1.165) is 5.56 Å². The van der Waals surface area contributed by atoms with E-state index >= 15 is 0 Å². The fourth-order valence-corrected chi connectivity index (χ4v) is 4.18. The molecule has 1 aliphatic heterocycles. The highest BCUT2D eigenvalue weighted by molar-refractivity contribution is 6.32. The van der Waals surface area contributed by atoms with Gasteiger partial charge in [0, 0.05) is 17.8 Å². The summed E-state index contributed by atoms with van der Waals surface area (Å²) in [7, 11) is 3.11. The number of para-hydroxylation sites is 1. The average molecular weight is 492 g/mol. The van der Waals surface area contributed by atoms with Crippen molar-refractivity contribution in [1.82, 2.24) is 9.55 Å². The summed E-state index contributed by atoms with van der Waals surface area (Å²) in [6, 6.07) is 20.2. The lowest BCUT2D eigenvalue weighted by Gasteiger charge is -2.18. The number of benzene rings is 3. The molecule has 1 N–H and O–H groups in total. The van der Waals surface area contributed by atoms with Crippen molar-refractivity contribution in [2.45, 2.75) is 6.54 Å². The van der Waals surface area contributed by atoms with Gasteiger partial charge in [0.05, 0.1) is 19.9 Å². The van der Waals surface area contributed by atoms with E-state index in [1.165, 1.54) is 0 Å². The Bertz CT molecular complexity index is 1440. The van der Waals surface area contributed by atoms with Crippen LogP contribution in [-0.4, -0.2) is 30.6 Å². The van der Waals surface area contributed by atoms with Crippen molar-refractivity contribution in [1.29, 1.82) is 0 Å². The predicted octanol–water partition coefficient (Wildman–Crippen LogP) is 4.91. The van der Waals surface area contributed by atoms with Crippen molar-refractivity contribution in [3.8, 4) is 39.9 Å². The molecule has 5 rings (SSSR count). The maximum absolute atomic E-state index is 13.7. The Morgan fingerprint density at radius 2 is 1.74 bits per heavy atom. The first kappa shape index (κ1) is 22.6. The molecule has 0 saturated carbocycles. The zero-order valence-electron chi connectivity index (χ0n) is 19.1. The molecule has 4 aromatic rings. The van der Waals surface area contributed by atoms with Gasteiger partial charge < -0.3 is 24.3 Å². The molecule has 0 amide bonds. The van der Waals surface area contributed by atoms with Crippen molar-refractivity contribution < 1.29 is 18.9 Å². The van der Waals surface area contributed by atoms with Crippen LogP contribution in [0.25, 0.3) is 16.9 Å². The topological polar surface area (TPSA) is 83.8 Å². The lowest BCUT2D eigenvalue weighted by atomic mass is 10.1. The van der Waals surface area contributed by atoms with Gasteiger partial charge in [-0.3, -0.25) is 9.36 Å². The molecule has 0 saturated heterocycles. The van der Waals surface area contributed by atoms with Gasteiger partial charge >= 0.3 is 0 Å². The minimum atomic E-state index is -0.342. The maximum atomic E-state index is 13.7. The third-order valence-corrected chi connectivity index (χ3v) is 5.87. The van der Waals surface area contributed by atoms with Crippen molar-refractivity contribution in [3.05, 3.63) is 87.8 Å². The Kier molecular flexibility index (Phi) is 6.20. The Morgan fingerprint density at radius 3 is 2.51 bits per heavy atom. The standard InChI is InChI=1S/C26H22ClN3O5/c1-32-19-11-9-17(13-21(19)33-2)23-24(27)29-25(26(31)30(23)18-6-4-3-5-7-18)28-14-16-8-10-20-22(12-16)35-15-34-20/h3-13H,14-15H2,1-2H3,(H,28,29). The monoisotopic (exact) mass is 491 g/mol. The van der Waals surface area contributed by atoms with Gasteiger partial charge in [-0.15, -0.1) is 0 Å². The number of rotatable bonds is 7. The molecule has 35 heavy (non-hydrogen) atoms. The highest BCUT2D eigenvalue weighted by Crippen LogP contribution is 2.36. The highest BCUT2D eigenvalue weighted by Gasteiger charge is 2.20. The van der Waals surface area contributed by atoms with Crippen LogP contribution in [0.15, 0.2) is 71.5 Å². The van der Waals surface area contributed by atoms with Crippen molar-refractivity contribution >= 4 is 17.4 Å². The van der Waals surface area contributed by atoms with Crippen LogP contribution in [0.2, 0.25) is 5.15 Å². The molecular weight excluding hydrogens is 470 g/mol. The summed E-state index contributed by atoms with van der Waals surface area (Å²) in [6.07, 6.45) is 0. The van der Waals surface area contributed by atoms with E-state index in [9.17, 15) is 4.79 Å². The van der Waals surface area contributed by atoms with Crippen LogP contribution in [-0.2, 0) is 6.54 Å². The fourth-order valence-electron chi connectivity index (χ4n) is 3.91. The van der Waals surface area contributed by atoms with Gasteiger partial charge in [0.2, 0.25) is 6.79 Å². The van der Waals surface area contributed by atoms with E-state index in [2.05, 4.69) is 10.3 Å². The van der Waals surface area contributed by atoms with Crippen molar-refractivity contribution in [2.75, 3.05) is 26.3 Å². The SMILES string of the molecule is COc1ccc(-c2c(Cl)nc(NCc3ccc4c(c3)OCO4)c(=O)n2-c2ccccc2)cc1OC. The molecule has 0 unspecified atom stereocenters. The summed E-state index contributed by atoms with van der Waals surface area (Å²) in [6.45, 7) is 0.544. The van der Waals surface area contributed by atoms with E-state index in [4.69, 9.17) is 30.5 Å². The Hall–Kier alpha value is -4.17. The minimum absolute atomic E-state index is 0.126. The Labute approximate surface area is 206 Å². The van der Waals surface area contributed by atoms with Gasteiger partial charge in [-0.2, -0.15) is 0 Å². The van der Waals surface area contributed by atoms with Gasteiger partial charge in [-0.25, -0.2) is 4.98 Å². The first-order valence-electron chi connectivity index (χ1n) is 10.8. The van der Waals surface area contributed by atoms with E-state index in [1.54, 1.807) is 30.9 Å². The third kappa shape index (κ3) is 4.36. The number of nitrogens with one attached hydrogen (secondary N) is 1. The molecule has 0 radical (unpaired) electrons. The predicted molar refractivity (Wildman–Crippen MR) is 133 cm³/mol. The second-order valence-electron chi connectivity index (χ2n) is 7.69. The molecule has 2 heterocycles. The largest absolute Gasteiger partial charge is 0.493 e. The summed E-state index contributed by atoms with van der Waals surface area (Å²) in [4.78, 5) is 18.1. The summed E-state index contributed by atoms with van der Waals surface area (Å²) >= 11 is 6.70. The fraction of sp³-hybridized carbons (Fsp3) is 0.154. The average Bonchev–Trinajstić information content (AvgIpc) is 3.37. The van der Waals surface area contributed by atoms with Gasteiger partial charge in [-0.05, 0) is 48.0 Å². The van der Waals surface area contributed by atoms with Crippen LogP contribution in [0.1, 0.15) is 5.56 Å². The number of fused-ring (bicyclic) bond motifs is 1. The van der Waals surface area contributed by atoms with Crippen LogP contribution in [0, 0.1) is 0 Å². The molecule has 1 aromatic heterocycles. The molecule has 0 spiro atoms. The zero-order valence-corrected chi connectivity index (χ0v) is 19.8. The van der Waals surface area contributed by atoms with Crippen LogP contribution >= 0.6 is 11.6 Å². The molecule has 0 fully saturated rings. The second-order valence-corrected chi connectivity index (χ2v) is 8.04. The van der Waals surface area contributed by atoms with E-state index in [-0.39, 0.29) is 23.3 Å². The number of hydrogen-bond acceptors (Lipinski definition) is 7. The van der Waals surface area contributed by atoms with Crippen LogP contribution in [0.5, 0.6) is 23.0 Å². The maximum Gasteiger partial charge on any atom is 0.298 e. The van der Waals surface area contributed by atoms with E-state index < -0.39 is 0 Å². The van der Waals surface area contributed by atoms with Crippen molar-refractivity contribution in [3.63, 3.8) is 0 Å². The summed E-state index contributed by atoms with van der Waals surface area (Å²) in [5.74, 6) is 2.57. The molecule has 0 bridgehead atoms. The Morgan fingerprint density at radius 1 is 0.971 bits per heavy atom. The summed E-state index contributed by atoms with van der Waals surface area (Å²) < 4.78 is 23.1. The van der Waals surface area contributed by atoms with Crippen molar-refractivity contribution in [2.24, 2.45) is 0 Å². The molecule has 0 aliphatic carbocycles. The zero-order chi connectivity index (χ0) is 24.4. The van der Waals surface area contributed by atoms with Crippen LogP contribution in [0.3, 0.4) is 0 Å². The van der Waals surface area contributed by atoms with Gasteiger partial charge in [0.25, 0.3) is 5.56 Å². The lowest BCUT2D eigenvalue weighted by Crippen LogP contribution is -2.25. The van der Waals surface area contributed by atoms with Gasteiger partial charge in [0.1, 0.15) is 0 Å². The summed E-state index contributed by atoms with van der Waals surface area (Å²) in [5.41, 5.74) is 2.31. The first-order chi connectivity index (χ1) is 17.1. The quantitative estimate of drug-likeness (QED) is 0.393. The molecule has 178 valence electrons. The first-order valence-corrected chi connectivity index (χ1v) is 11.2. The molecule has 0 atom stereocenters. The smallest absolute Gasteiger partial charge is 0.298 e. The number of anilines is 1. The van der Waals surface area contributed by atoms with Gasteiger partial charge in [0.15, 0.2) is 34.0 Å². The molecule has 1 aliphatic rings. The molecule has 8 nitrogen and oxygen atoms in total. The summed E-state index contributed by atoms with van der Waals surface area (Å²) in [5, 5.41) is 3.28. The minimum Gasteiger partial charge on any atom is -0.493 e. The highest BCUT2D eigenvalue weighted by atomic mass is 35.5. The number of ether oxygens (including phenoxy) is 4.